The molecule has 0 radical (unpaired) electrons. The predicted octanol–water partition coefficient (Wildman–Crippen LogP) is 10.2. The lowest BCUT2D eigenvalue weighted by molar-refractivity contribution is 0.669. The fourth-order valence-corrected chi connectivity index (χ4v) is 5.73. The first-order valence-electron chi connectivity index (χ1n) is 14.6. The molecule has 2 heterocycles. The van der Waals surface area contributed by atoms with Gasteiger partial charge in [0.25, 0.3) is 0 Å². The summed E-state index contributed by atoms with van der Waals surface area (Å²) < 4.78 is 6.22. The summed E-state index contributed by atoms with van der Waals surface area (Å²) in [7, 11) is 0. The number of furan rings is 1. The van der Waals surface area contributed by atoms with E-state index in [4.69, 9.17) is 19.4 Å². The molecule has 5 heteroatoms. The lowest BCUT2D eigenvalue weighted by Crippen LogP contribution is -2.12. The van der Waals surface area contributed by atoms with Crippen LogP contribution >= 0.6 is 0 Å². The molecule has 0 aliphatic heterocycles. The van der Waals surface area contributed by atoms with E-state index >= 15 is 0 Å². The molecule has 0 aliphatic rings. The molecule has 0 aliphatic carbocycles. The molecule has 5 nitrogen and oxygen atoms in total. The fourth-order valence-electron chi connectivity index (χ4n) is 5.73. The Morgan fingerprint density at radius 1 is 0.409 bits per heavy atom. The van der Waals surface area contributed by atoms with Gasteiger partial charge in [0.2, 0.25) is 0 Å². The molecule has 0 N–H and O–H groups in total. The largest absolute Gasteiger partial charge is 0.456 e. The Balaban J connectivity index is 1.39. The molecule has 8 rings (SSSR count). The van der Waals surface area contributed by atoms with E-state index < -0.39 is 0 Å². The lowest BCUT2D eigenvalue weighted by atomic mass is 10.0. The molecule has 0 saturated carbocycles. The van der Waals surface area contributed by atoms with E-state index in [1.54, 1.807) is 0 Å². The molecular formula is C39H26N4O. The molecule has 0 saturated heterocycles. The zero-order valence-electron chi connectivity index (χ0n) is 23.7. The second kappa shape index (κ2) is 11.0. The Morgan fingerprint density at radius 3 is 1.66 bits per heavy atom. The fraction of sp³-hybridized carbons (Fsp3) is 0. The van der Waals surface area contributed by atoms with Crippen molar-refractivity contribution in [1.29, 1.82) is 0 Å². The summed E-state index contributed by atoms with van der Waals surface area (Å²) in [5.41, 5.74) is 7.39. The van der Waals surface area contributed by atoms with Crippen LogP contribution in [0.4, 0.5) is 17.1 Å². The van der Waals surface area contributed by atoms with Gasteiger partial charge in [-0.3, -0.25) is 0 Å². The minimum absolute atomic E-state index is 0.589. The van der Waals surface area contributed by atoms with E-state index in [1.165, 1.54) is 0 Å². The van der Waals surface area contributed by atoms with Crippen molar-refractivity contribution in [3.8, 4) is 34.2 Å². The molecule has 0 amide bonds. The summed E-state index contributed by atoms with van der Waals surface area (Å²) in [5, 5.41) is 2.02. The van der Waals surface area contributed by atoms with Crippen molar-refractivity contribution in [1.82, 2.24) is 15.0 Å². The number of aromatic nitrogens is 3. The minimum atomic E-state index is 0.589. The number of hydrogen-bond donors (Lipinski definition) is 0. The molecule has 0 spiro atoms. The van der Waals surface area contributed by atoms with Gasteiger partial charge in [0, 0.05) is 38.8 Å². The maximum Gasteiger partial charge on any atom is 0.166 e. The van der Waals surface area contributed by atoms with Crippen molar-refractivity contribution in [2.24, 2.45) is 0 Å². The number of fused-ring (bicyclic) bond motifs is 3. The zero-order chi connectivity index (χ0) is 29.3. The van der Waals surface area contributed by atoms with Crippen LogP contribution in [-0.4, -0.2) is 15.0 Å². The van der Waals surface area contributed by atoms with Crippen LogP contribution in [0.15, 0.2) is 162 Å². The van der Waals surface area contributed by atoms with E-state index in [-0.39, 0.29) is 0 Å². The van der Waals surface area contributed by atoms with Crippen molar-refractivity contribution in [3.63, 3.8) is 0 Å². The van der Waals surface area contributed by atoms with E-state index in [9.17, 15) is 0 Å². The lowest BCUT2D eigenvalue weighted by Gasteiger charge is -2.27. The van der Waals surface area contributed by atoms with Crippen LogP contribution in [0, 0.1) is 0 Å². The van der Waals surface area contributed by atoms with Crippen LogP contribution < -0.4 is 4.90 Å². The summed E-state index contributed by atoms with van der Waals surface area (Å²) in [6.45, 7) is 0. The van der Waals surface area contributed by atoms with Gasteiger partial charge in [0.1, 0.15) is 11.2 Å². The predicted molar refractivity (Wildman–Crippen MR) is 178 cm³/mol. The first-order valence-corrected chi connectivity index (χ1v) is 14.6. The van der Waals surface area contributed by atoms with E-state index in [1.807, 2.05) is 78.9 Å². The van der Waals surface area contributed by atoms with Gasteiger partial charge in [0.15, 0.2) is 17.5 Å². The first-order chi connectivity index (χ1) is 21.8. The van der Waals surface area contributed by atoms with Crippen molar-refractivity contribution in [2.75, 3.05) is 4.90 Å². The third-order valence-corrected chi connectivity index (χ3v) is 7.73. The van der Waals surface area contributed by atoms with Gasteiger partial charge in [-0.25, -0.2) is 15.0 Å². The maximum absolute atomic E-state index is 6.22. The van der Waals surface area contributed by atoms with E-state index in [2.05, 4.69) is 83.8 Å². The normalized spacial score (nSPS) is 11.2. The maximum atomic E-state index is 6.22. The molecule has 8 aromatic rings. The van der Waals surface area contributed by atoms with Gasteiger partial charge in [-0.15, -0.1) is 0 Å². The Bertz CT molecular complexity index is 2190. The van der Waals surface area contributed by atoms with Crippen molar-refractivity contribution in [3.05, 3.63) is 158 Å². The second-order valence-corrected chi connectivity index (χ2v) is 10.5. The topological polar surface area (TPSA) is 55.1 Å². The number of rotatable bonds is 6. The van der Waals surface area contributed by atoms with Crippen LogP contribution in [-0.2, 0) is 0 Å². The number of anilines is 3. The summed E-state index contributed by atoms with van der Waals surface area (Å²) in [6.07, 6.45) is 0. The second-order valence-electron chi connectivity index (χ2n) is 10.5. The third-order valence-electron chi connectivity index (χ3n) is 7.73. The van der Waals surface area contributed by atoms with E-state index in [0.717, 1.165) is 55.7 Å². The number of hydrogen-bond acceptors (Lipinski definition) is 5. The highest BCUT2D eigenvalue weighted by Crippen LogP contribution is 2.41. The summed E-state index contributed by atoms with van der Waals surface area (Å²) in [5.74, 6) is 1.79. The molecule has 6 aromatic carbocycles. The molecule has 0 atom stereocenters. The molecular weight excluding hydrogens is 540 g/mol. The molecule has 44 heavy (non-hydrogen) atoms. The van der Waals surface area contributed by atoms with Crippen LogP contribution in [0.5, 0.6) is 0 Å². The van der Waals surface area contributed by atoms with Gasteiger partial charge >= 0.3 is 0 Å². The average Bonchev–Trinajstić information content (AvgIpc) is 3.49. The van der Waals surface area contributed by atoms with Gasteiger partial charge in [-0.05, 0) is 48.5 Å². The smallest absolute Gasteiger partial charge is 0.166 e. The number of benzene rings is 6. The zero-order valence-corrected chi connectivity index (χ0v) is 23.7. The van der Waals surface area contributed by atoms with Crippen molar-refractivity contribution >= 4 is 39.0 Å². The Hall–Kier alpha value is -6.07. The van der Waals surface area contributed by atoms with Gasteiger partial charge < -0.3 is 9.32 Å². The summed E-state index contributed by atoms with van der Waals surface area (Å²) >= 11 is 0. The van der Waals surface area contributed by atoms with E-state index in [0.29, 0.717) is 17.5 Å². The SMILES string of the molecule is c1ccc(-c2nc(-c3ccccc3N(c3ccccc3)c3ccccc3)nc(-c3cccc4oc5ccccc5c34)n2)cc1. The highest BCUT2D eigenvalue weighted by Gasteiger charge is 2.21. The average molecular weight is 567 g/mol. The van der Waals surface area contributed by atoms with Gasteiger partial charge in [-0.1, -0.05) is 109 Å². The molecule has 0 bridgehead atoms. The summed E-state index contributed by atoms with van der Waals surface area (Å²) in [4.78, 5) is 17.6. The molecule has 0 fully saturated rings. The minimum Gasteiger partial charge on any atom is -0.456 e. The number of nitrogens with zero attached hydrogens (tertiary/aromatic N) is 4. The Kier molecular flexibility index (Phi) is 6.39. The van der Waals surface area contributed by atoms with Crippen LogP contribution in [0.3, 0.4) is 0 Å². The highest BCUT2D eigenvalue weighted by atomic mass is 16.3. The third kappa shape index (κ3) is 4.57. The van der Waals surface area contributed by atoms with Crippen LogP contribution in [0.25, 0.3) is 56.1 Å². The van der Waals surface area contributed by atoms with Crippen molar-refractivity contribution in [2.45, 2.75) is 0 Å². The standard InChI is InChI=1S/C39H26N4O/c1-4-15-27(16-5-1)37-40-38(42-39(41-37)32-23-14-26-35-36(32)31-22-11-13-25-34(31)44-35)30-21-10-12-24-33(30)43(28-17-6-2-7-18-28)29-19-8-3-9-20-29/h1-26H. The Morgan fingerprint density at radius 2 is 0.932 bits per heavy atom. The number of para-hydroxylation sites is 4. The van der Waals surface area contributed by atoms with Gasteiger partial charge in [-0.2, -0.15) is 0 Å². The summed E-state index contributed by atoms with van der Waals surface area (Å²) in [6, 6.07) is 53.2. The van der Waals surface area contributed by atoms with Crippen molar-refractivity contribution < 1.29 is 4.42 Å². The highest BCUT2D eigenvalue weighted by molar-refractivity contribution is 6.11. The molecule has 208 valence electrons. The Labute approximate surface area is 254 Å². The first kappa shape index (κ1) is 25.6. The monoisotopic (exact) mass is 566 g/mol. The quantitative estimate of drug-likeness (QED) is 0.200. The van der Waals surface area contributed by atoms with Gasteiger partial charge in [0.05, 0.1) is 5.69 Å². The molecule has 0 unspecified atom stereocenters. The van der Waals surface area contributed by atoms with Crippen LogP contribution in [0.1, 0.15) is 0 Å². The van der Waals surface area contributed by atoms with Crippen LogP contribution in [0.2, 0.25) is 0 Å². The molecule has 2 aromatic heterocycles.